The third kappa shape index (κ3) is 3.85. The van der Waals surface area contributed by atoms with Crippen LogP contribution in [0.5, 0.6) is 0 Å². The normalized spacial score (nSPS) is 19.8. The molecule has 1 saturated carbocycles. The number of benzene rings is 1. The lowest BCUT2D eigenvalue weighted by molar-refractivity contribution is 0.242. The molecule has 1 unspecified atom stereocenters. The highest BCUT2D eigenvalue weighted by molar-refractivity contribution is 7.92. The largest absolute Gasteiger partial charge is 0.338 e. The van der Waals surface area contributed by atoms with Gasteiger partial charge in [0.1, 0.15) is 5.82 Å². The van der Waals surface area contributed by atoms with Crippen molar-refractivity contribution in [3.8, 4) is 0 Å². The molecule has 0 spiro atoms. The monoisotopic (exact) mass is 398 g/mol. The van der Waals surface area contributed by atoms with E-state index in [9.17, 15) is 22.4 Å². The van der Waals surface area contributed by atoms with Crippen molar-refractivity contribution in [3.63, 3.8) is 0 Å². The van der Waals surface area contributed by atoms with Crippen molar-refractivity contribution in [1.82, 2.24) is 10.6 Å². The van der Waals surface area contributed by atoms with Gasteiger partial charge in [-0.2, -0.15) is 0 Å². The molecule has 2 aliphatic rings. The van der Waals surface area contributed by atoms with Gasteiger partial charge in [0.15, 0.2) is 9.84 Å². The number of nitrogens with one attached hydrogen (secondary N) is 3. The van der Waals surface area contributed by atoms with Crippen LogP contribution in [0.4, 0.5) is 25.4 Å². The zero-order valence-corrected chi connectivity index (χ0v) is 16.0. The first kappa shape index (κ1) is 19.4. The predicted molar refractivity (Wildman–Crippen MR) is 100 cm³/mol. The topological polar surface area (TPSA) is 108 Å². The van der Waals surface area contributed by atoms with Gasteiger partial charge in [0.05, 0.1) is 10.4 Å². The minimum atomic E-state index is -3.29. The van der Waals surface area contributed by atoms with Crippen molar-refractivity contribution in [1.29, 1.82) is 0 Å². The maximum Gasteiger partial charge on any atom is 0.321 e. The van der Waals surface area contributed by atoms with Crippen LogP contribution in [-0.4, -0.2) is 50.6 Å². The second kappa shape index (κ2) is 6.99. The second-order valence-corrected chi connectivity index (χ2v) is 9.42. The molecule has 1 aromatic rings. The number of hydrogen-bond acceptors (Lipinski definition) is 4. The lowest BCUT2D eigenvalue weighted by atomic mass is 10.2. The third-order valence-corrected chi connectivity index (χ3v) is 7.43. The molecule has 8 nitrogen and oxygen atoms in total. The molecule has 1 atom stereocenters. The van der Waals surface area contributed by atoms with Gasteiger partial charge in [-0.25, -0.2) is 22.4 Å². The van der Waals surface area contributed by atoms with Crippen LogP contribution >= 0.6 is 0 Å². The Morgan fingerprint density at radius 3 is 2.67 bits per heavy atom. The molecule has 2 fully saturated rings. The highest BCUT2D eigenvalue weighted by Crippen LogP contribution is 2.46. The van der Waals surface area contributed by atoms with Gasteiger partial charge in [0.25, 0.3) is 0 Å². The lowest BCUT2D eigenvalue weighted by Crippen LogP contribution is -2.48. The fourth-order valence-corrected chi connectivity index (χ4v) is 4.94. The van der Waals surface area contributed by atoms with Gasteiger partial charge in [-0.3, -0.25) is 4.90 Å². The Bertz CT molecular complexity index is 870. The van der Waals surface area contributed by atoms with Gasteiger partial charge in [0, 0.05) is 31.1 Å². The summed E-state index contributed by atoms with van der Waals surface area (Å²) < 4.78 is 37.1. The van der Waals surface area contributed by atoms with Crippen LogP contribution in [0.15, 0.2) is 18.2 Å². The second-order valence-electron chi connectivity index (χ2n) is 7.06. The van der Waals surface area contributed by atoms with Crippen molar-refractivity contribution in [3.05, 3.63) is 24.0 Å². The first-order chi connectivity index (χ1) is 12.6. The van der Waals surface area contributed by atoms with E-state index in [1.807, 2.05) is 0 Å². The summed E-state index contributed by atoms with van der Waals surface area (Å²) in [4.78, 5) is 25.5. The molecule has 10 heteroatoms. The molecular weight excluding hydrogens is 375 g/mol. The number of carbonyl (C=O) groups excluding carboxylic acids is 2. The van der Waals surface area contributed by atoms with Crippen LogP contribution in [0.1, 0.15) is 26.2 Å². The Hall–Kier alpha value is -2.36. The van der Waals surface area contributed by atoms with Crippen LogP contribution in [0.25, 0.3) is 0 Å². The van der Waals surface area contributed by atoms with Gasteiger partial charge >= 0.3 is 12.1 Å². The van der Waals surface area contributed by atoms with Crippen molar-refractivity contribution >= 4 is 33.3 Å². The van der Waals surface area contributed by atoms with Gasteiger partial charge in [0.2, 0.25) is 0 Å². The molecule has 3 N–H and O–H groups in total. The number of halogens is 1. The molecule has 1 saturated heterocycles. The van der Waals surface area contributed by atoms with E-state index in [0.29, 0.717) is 38.0 Å². The molecule has 27 heavy (non-hydrogen) atoms. The first-order valence-electron chi connectivity index (χ1n) is 8.76. The third-order valence-electron chi connectivity index (χ3n) is 5.19. The first-order valence-corrected chi connectivity index (χ1v) is 10.7. The Labute approximate surface area is 157 Å². The number of amides is 4. The van der Waals surface area contributed by atoms with Gasteiger partial charge in [-0.15, -0.1) is 0 Å². The quantitative estimate of drug-likeness (QED) is 0.703. The Balaban J connectivity index is 1.70. The molecule has 1 aliphatic heterocycles. The molecule has 3 rings (SSSR count). The molecular formula is C17H23FN4O4S. The van der Waals surface area contributed by atoms with Crippen molar-refractivity contribution in [2.45, 2.75) is 37.0 Å². The van der Waals surface area contributed by atoms with Crippen molar-refractivity contribution in [2.24, 2.45) is 0 Å². The molecule has 0 radical (unpaired) electrons. The molecule has 1 aromatic carbocycles. The number of rotatable bonds is 5. The smallest absolute Gasteiger partial charge is 0.321 e. The molecule has 1 heterocycles. The SMILES string of the molecule is CC(NC(=O)Nc1ccc(F)c(N2CCCNC2=O)c1)C1(S(C)(=O)=O)CC1. The molecule has 4 amide bonds. The minimum Gasteiger partial charge on any atom is -0.338 e. The van der Waals surface area contributed by atoms with Crippen LogP contribution in [-0.2, 0) is 9.84 Å². The van der Waals surface area contributed by atoms with E-state index in [4.69, 9.17) is 0 Å². The minimum absolute atomic E-state index is 0.0767. The van der Waals surface area contributed by atoms with Gasteiger partial charge in [-0.05, 0) is 44.4 Å². The lowest BCUT2D eigenvalue weighted by Gasteiger charge is -2.28. The van der Waals surface area contributed by atoms with E-state index in [2.05, 4.69) is 16.0 Å². The summed E-state index contributed by atoms with van der Waals surface area (Å²) in [5.41, 5.74) is 0.381. The number of hydrogen-bond donors (Lipinski definition) is 3. The van der Waals surface area contributed by atoms with E-state index >= 15 is 0 Å². The maximum absolute atomic E-state index is 14.2. The molecule has 0 bridgehead atoms. The maximum atomic E-state index is 14.2. The van der Waals surface area contributed by atoms with Gasteiger partial charge < -0.3 is 16.0 Å². The fourth-order valence-electron chi connectivity index (χ4n) is 3.40. The summed E-state index contributed by atoms with van der Waals surface area (Å²) >= 11 is 0. The highest BCUT2D eigenvalue weighted by Gasteiger charge is 2.56. The van der Waals surface area contributed by atoms with Gasteiger partial charge in [-0.1, -0.05) is 0 Å². The van der Waals surface area contributed by atoms with Crippen LogP contribution in [0.2, 0.25) is 0 Å². The summed E-state index contributed by atoms with van der Waals surface area (Å²) in [7, 11) is -3.29. The van der Waals surface area contributed by atoms with Crippen LogP contribution < -0.4 is 20.9 Å². The fraction of sp³-hybridized carbons (Fsp3) is 0.529. The zero-order chi connectivity index (χ0) is 19.8. The molecule has 148 valence electrons. The Morgan fingerprint density at radius 2 is 2.07 bits per heavy atom. The van der Waals surface area contributed by atoms with E-state index in [1.165, 1.54) is 29.4 Å². The number of nitrogens with zero attached hydrogens (tertiary/aromatic N) is 1. The summed E-state index contributed by atoms with van der Waals surface area (Å²) in [6.45, 7) is 2.57. The number of anilines is 2. The van der Waals surface area contributed by atoms with Crippen molar-refractivity contribution < 1.29 is 22.4 Å². The summed E-state index contributed by atoms with van der Waals surface area (Å²) in [5.74, 6) is -0.569. The Morgan fingerprint density at radius 1 is 1.37 bits per heavy atom. The predicted octanol–water partition coefficient (Wildman–Crippen LogP) is 1.83. The van der Waals surface area contributed by atoms with E-state index in [-0.39, 0.29) is 11.7 Å². The number of carbonyl (C=O) groups is 2. The average Bonchev–Trinajstić information content (AvgIpc) is 3.39. The number of sulfone groups is 1. The average molecular weight is 398 g/mol. The Kier molecular flexibility index (Phi) is 5.02. The summed E-state index contributed by atoms with van der Waals surface area (Å²) in [6.07, 6.45) is 2.89. The van der Waals surface area contributed by atoms with E-state index in [1.54, 1.807) is 6.92 Å². The van der Waals surface area contributed by atoms with Crippen LogP contribution in [0.3, 0.4) is 0 Å². The van der Waals surface area contributed by atoms with Crippen molar-refractivity contribution in [2.75, 3.05) is 29.6 Å². The number of urea groups is 2. The molecule has 0 aromatic heterocycles. The zero-order valence-electron chi connectivity index (χ0n) is 15.2. The summed E-state index contributed by atoms with van der Waals surface area (Å²) in [5, 5.41) is 7.87. The highest BCUT2D eigenvalue weighted by atomic mass is 32.2. The summed E-state index contributed by atoms with van der Waals surface area (Å²) in [6, 6.07) is 2.41. The van der Waals surface area contributed by atoms with Crippen LogP contribution in [0, 0.1) is 5.82 Å². The standard InChI is InChI=1S/C17H23FN4O4S/c1-11(17(6-7-17)27(2,25)26)20-15(23)21-12-4-5-13(18)14(10-12)22-9-3-8-19-16(22)24/h4-5,10-11H,3,6-9H2,1-2H3,(H,19,24)(H2,20,21,23). The van der Waals surface area contributed by atoms with E-state index in [0.717, 1.165) is 0 Å². The molecule has 1 aliphatic carbocycles. The van der Waals surface area contributed by atoms with E-state index < -0.39 is 32.5 Å².